The minimum Gasteiger partial charge on any atom is -0.492 e. The van der Waals surface area contributed by atoms with Crippen LogP contribution in [0.5, 0.6) is 5.75 Å². The second-order valence-corrected chi connectivity index (χ2v) is 3.74. The number of para-hydroxylation sites is 1. The van der Waals surface area contributed by atoms with Crippen molar-refractivity contribution in [3.8, 4) is 5.75 Å². The predicted octanol–water partition coefficient (Wildman–Crippen LogP) is 2.60. The Balaban J connectivity index is 2.46. The van der Waals surface area contributed by atoms with Gasteiger partial charge in [0.25, 0.3) is 0 Å². The molecule has 2 N–H and O–H groups in total. The van der Waals surface area contributed by atoms with Gasteiger partial charge in [0.05, 0.1) is 11.6 Å². The number of hydrogen-bond acceptors (Lipinski definition) is 3. The summed E-state index contributed by atoms with van der Waals surface area (Å²) in [4.78, 5) is 0. The largest absolute Gasteiger partial charge is 0.492 e. The van der Waals surface area contributed by atoms with Crippen LogP contribution in [0.1, 0.15) is 18.9 Å². The molecule has 0 atom stereocenters. The summed E-state index contributed by atoms with van der Waals surface area (Å²) < 4.78 is 10.8. The molecular formula is C12H18ClNO2. The van der Waals surface area contributed by atoms with Crippen molar-refractivity contribution in [2.75, 3.05) is 19.8 Å². The van der Waals surface area contributed by atoms with Gasteiger partial charge in [-0.3, -0.25) is 0 Å². The van der Waals surface area contributed by atoms with Crippen molar-refractivity contribution in [1.82, 2.24) is 0 Å². The molecule has 1 aromatic rings. The SMILES string of the molecule is CCOCCCOc1c(Cl)cccc1CN. The molecule has 1 rings (SSSR count). The van der Waals surface area contributed by atoms with Crippen molar-refractivity contribution < 1.29 is 9.47 Å². The standard InChI is InChI=1S/C12H18ClNO2/c1-2-15-7-4-8-16-12-10(9-14)5-3-6-11(12)13/h3,5-6H,2,4,7-9,14H2,1H3. The van der Waals surface area contributed by atoms with E-state index in [4.69, 9.17) is 26.8 Å². The van der Waals surface area contributed by atoms with Crippen molar-refractivity contribution in [3.63, 3.8) is 0 Å². The van der Waals surface area contributed by atoms with Gasteiger partial charge >= 0.3 is 0 Å². The van der Waals surface area contributed by atoms with Gasteiger partial charge in [0.15, 0.2) is 0 Å². The second kappa shape index (κ2) is 7.49. The smallest absolute Gasteiger partial charge is 0.142 e. The lowest BCUT2D eigenvalue weighted by molar-refractivity contribution is 0.130. The second-order valence-electron chi connectivity index (χ2n) is 3.33. The Hall–Kier alpha value is -0.770. The molecule has 0 fully saturated rings. The molecular weight excluding hydrogens is 226 g/mol. The number of ether oxygens (including phenoxy) is 2. The zero-order valence-corrected chi connectivity index (χ0v) is 10.3. The molecule has 0 amide bonds. The van der Waals surface area contributed by atoms with Gasteiger partial charge in [0, 0.05) is 31.7 Å². The Morgan fingerprint density at radius 1 is 1.31 bits per heavy atom. The third kappa shape index (κ3) is 4.00. The van der Waals surface area contributed by atoms with Gasteiger partial charge in [-0.1, -0.05) is 23.7 Å². The van der Waals surface area contributed by atoms with Gasteiger partial charge in [-0.2, -0.15) is 0 Å². The Morgan fingerprint density at radius 3 is 2.81 bits per heavy atom. The molecule has 0 unspecified atom stereocenters. The minimum absolute atomic E-state index is 0.432. The van der Waals surface area contributed by atoms with E-state index in [0.717, 1.165) is 18.6 Å². The van der Waals surface area contributed by atoms with E-state index in [9.17, 15) is 0 Å². The molecule has 1 aromatic carbocycles. The number of nitrogens with two attached hydrogens (primary N) is 1. The lowest BCUT2D eigenvalue weighted by atomic mass is 10.2. The molecule has 0 bridgehead atoms. The first kappa shape index (κ1) is 13.3. The summed E-state index contributed by atoms with van der Waals surface area (Å²) in [5, 5.41) is 0.611. The Bertz CT molecular complexity index is 318. The summed E-state index contributed by atoms with van der Waals surface area (Å²) >= 11 is 6.04. The van der Waals surface area contributed by atoms with Crippen LogP contribution in [-0.4, -0.2) is 19.8 Å². The maximum absolute atomic E-state index is 6.04. The van der Waals surface area contributed by atoms with Crippen molar-refractivity contribution in [1.29, 1.82) is 0 Å². The minimum atomic E-state index is 0.432. The maximum atomic E-state index is 6.04. The summed E-state index contributed by atoms with van der Waals surface area (Å²) in [6.45, 7) is 4.44. The van der Waals surface area contributed by atoms with Crippen LogP contribution in [0.25, 0.3) is 0 Å². The Morgan fingerprint density at radius 2 is 2.12 bits per heavy atom. The van der Waals surface area contributed by atoms with Crippen LogP contribution < -0.4 is 10.5 Å². The van der Waals surface area contributed by atoms with E-state index >= 15 is 0 Å². The first-order valence-corrected chi connectivity index (χ1v) is 5.85. The lowest BCUT2D eigenvalue weighted by Gasteiger charge is -2.11. The maximum Gasteiger partial charge on any atom is 0.142 e. The average molecular weight is 244 g/mol. The quantitative estimate of drug-likeness (QED) is 0.749. The van der Waals surface area contributed by atoms with Crippen LogP contribution in [0.15, 0.2) is 18.2 Å². The predicted molar refractivity (Wildman–Crippen MR) is 65.9 cm³/mol. The lowest BCUT2D eigenvalue weighted by Crippen LogP contribution is -2.06. The Kier molecular flexibility index (Phi) is 6.23. The van der Waals surface area contributed by atoms with Gasteiger partial charge in [0.2, 0.25) is 0 Å². The highest BCUT2D eigenvalue weighted by Crippen LogP contribution is 2.28. The fourth-order valence-corrected chi connectivity index (χ4v) is 1.60. The third-order valence-electron chi connectivity index (χ3n) is 2.15. The first-order chi connectivity index (χ1) is 7.79. The summed E-state index contributed by atoms with van der Waals surface area (Å²) in [5.41, 5.74) is 6.54. The van der Waals surface area contributed by atoms with E-state index in [-0.39, 0.29) is 0 Å². The topological polar surface area (TPSA) is 44.5 Å². The molecule has 3 nitrogen and oxygen atoms in total. The Labute approximate surface area is 101 Å². The van der Waals surface area contributed by atoms with Gasteiger partial charge in [0.1, 0.15) is 5.75 Å². The fourth-order valence-electron chi connectivity index (χ4n) is 1.36. The van der Waals surface area contributed by atoms with E-state index in [2.05, 4.69) is 0 Å². The molecule has 0 heterocycles. The summed E-state index contributed by atoms with van der Waals surface area (Å²) in [6, 6.07) is 5.60. The van der Waals surface area contributed by atoms with Crippen molar-refractivity contribution in [2.45, 2.75) is 19.9 Å². The molecule has 90 valence electrons. The van der Waals surface area contributed by atoms with E-state index in [1.165, 1.54) is 0 Å². The fraction of sp³-hybridized carbons (Fsp3) is 0.500. The molecule has 0 spiro atoms. The van der Waals surface area contributed by atoms with Gasteiger partial charge in [-0.25, -0.2) is 0 Å². The molecule has 0 saturated heterocycles. The average Bonchev–Trinajstić information content (AvgIpc) is 2.30. The van der Waals surface area contributed by atoms with Crippen LogP contribution >= 0.6 is 11.6 Å². The molecule has 0 radical (unpaired) electrons. The molecule has 4 heteroatoms. The van der Waals surface area contributed by atoms with Crippen molar-refractivity contribution in [3.05, 3.63) is 28.8 Å². The third-order valence-corrected chi connectivity index (χ3v) is 2.45. The number of benzene rings is 1. The highest BCUT2D eigenvalue weighted by molar-refractivity contribution is 6.32. The van der Waals surface area contributed by atoms with Gasteiger partial charge in [-0.15, -0.1) is 0 Å². The molecule has 0 saturated carbocycles. The molecule has 16 heavy (non-hydrogen) atoms. The zero-order chi connectivity index (χ0) is 11.8. The molecule has 0 aliphatic rings. The van der Waals surface area contributed by atoms with Crippen LogP contribution in [0, 0.1) is 0 Å². The van der Waals surface area contributed by atoms with Gasteiger partial charge in [-0.05, 0) is 13.0 Å². The van der Waals surface area contributed by atoms with E-state index < -0.39 is 0 Å². The van der Waals surface area contributed by atoms with E-state index in [1.54, 1.807) is 6.07 Å². The first-order valence-electron chi connectivity index (χ1n) is 5.47. The van der Waals surface area contributed by atoms with Gasteiger partial charge < -0.3 is 15.2 Å². The summed E-state index contributed by atoms with van der Waals surface area (Å²) in [7, 11) is 0. The molecule has 0 aliphatic carbocycles. The van der Waals surface area contributed by atoms with Crippen LogP contribution in [-0.2, 0) is 11.3 Å². The summed E-state index contributed by atoms with van der Waals surface area (Å²) in [6.07, 6.45) is 0.850. The number of halogens is 1. The van der Waals surface area contributed by atoms with Crippen LogP contribution in [0.2, 0.25) is 5.02 Å². The molecule has 0 aromatic heterocycles. The zero-order valence-electron chi connectivity index (χ0n) is 9.54. The summed E-state index contributed by atoms with van der Waals surface area (Å²) in [5.74, 6) is 0.697. The van der Waals surface area contributed by atoms with Crippen LogP contribution in [0.4, 0.5) is 0 Å². The van der Waals surface area contributed by atoms with Crippen molar-refractivity contribution >= 4 is 11.6 Å². The van der Waals surface area contributed by atoms with Crippen LogP contribution in [0.3, 0.4) is 0 Å². The normalized spacial score (nSPS) is 10.4. The van der Waals surface area contributed by atoms with E-state index in [0.29, 0.717) is 30.5 Å². The molecule has 0 aliphatic heterocycles. The number of hydrogen-bond donors (Lipinski definition) is 1. The van der Waals surface area contributed by atoms with E-state index in [1.807, 2.05) is 19.1 Å². The van der Waals surface area contributed by atoms with Crippen molar-refractivity contribution in [2.24, 2.45) is 5.73 Å². The highest BCUT2D eigenvalue weighted by Gasteiger charge is 2.06. The monoisotopic (exact) mass is 243 g/mol. The highest BCUT2D eigenvalue weighted by atomic mass is 35.5. The number of rotatable bonds is 7.